The number of rotatable bonds is 7. The van der Waals surface area contributed by atoms with Crippen molar-refractivity contribution in [3.8, 4) is 0 Å². The molecule has 0 heterocycles. The van der Waals surface area contributed by atoms with Gasteiger partial charge in [-0.25, -0.2) is 0 Å². The molecule has 0 radical (unpaired) electrons. The molecule has 2 rings (SSSR count). The van der Waals surface area contributed by atoms with E-state index in [1.165, 1.54) is 12.1 Å². The highest BCUT2D eigenvalue weighted by Gasteiger charge is 2.18. The van der Waals surface area contributed by atoms with E-state index in [2.05, 4.69) is 19.2 Å². The van der Waals surface area contributed by atoms with Gasteiger partial charge in [-0.3, -0.25) is 19.7 Å². The maximum atomic E-state index is 12.1. The molecule has 136 valence electrons. The van der Waals surface area contributed by atoms with Gasteiger partial charge in [0.25, 0.3) is 5.69 Å². The van der Waals surface area contributed by atoms with Crippen LogP contribution in [0.4, 0.5) is 11.4 Å². The number of hydrogen-bond acceptors (Lipinski definition) is 5. The third-order valence-corrected chi connectivity index (χ3v) is 4.70. The molecule has 0 fully saturated rings. The molecule has 2 amide bonds. The van der Waals surface area contributed by atoms with Crippen molar-refractivity contribution in [1.82, 2.24) is 0 Å². The summed E-state index contributed by atoms with van der Waals surface area (Å²) in [6, 6.07) is 11.5. The van der Waals surface area contributed by atoms with Crippen LogP contribution >= 0.6 is 11.8 Å². The number of primary amides is 1. The van der Waals surface area contributed by atoms with Crippen molar-refractivity contribution in [2.45, 2.75) is 24.7 Å². The fourth-order valence-corrected chi connectivity index (χ4v) is 3.06. The van der Waals surface area contributed by atoms with Crippen molar-refractivity contribution in [3.05, 3.63) is 63.7 Å². The van der Waals surface area contributed by atoms with E-state index < -0.39 is 10.8 Å². The van der Waals surface area contributed by atoms with E-state index in [1.807, 2.05) is 18.2 Å². The van der Waals surface area contributed by atoms with Crippen LogP contribution in [0.25, 0.3) is 0 Å². The first-order chi connectivity index (χ1) is 12.3. The van der Waals surface area contributed by atoms with E-state index in [4.69, 9.17) is 5.73 Å². The number of nitrogens with one attached hydrogen (secondary N) is 1. The van der Waals surface area contributed by atoms with Crippen molar-refractivity contribution >= 4 is 35.0 Å². The van der Waals surface area contributed by atoms with Gasteiger partial charge >= 0.3 is 0 Å². The van der Waals surface area contributed by atoms with Gasteiger partial charge in [0, 0.05) is 17.3 Å². The van der Waals surface area contributed by atoms with Crippen LogP contribution in [0.1, 0.15) is 35.7 Å². The second-order valence-corrected chi connectivity index (χ2v) is 6.94. The highest BCUT2D eigenvalue weighted by atomic mass is 32.2. The highest BCUT2D eigenvalue weighted by molar-refractivity contribution is 8.00. The van der Waals surface area contributed by atoms with Crippen molar-refractivity contribution in [3.63, 3.8) is 0 Å². The first-order valence-electron chi connectivity index (χ1n) is 7.88. The third kappa shape index (κ3) is 5.06. The molecule has 2 aromatic carbocycles. The predicted molar refractivity (Wildman–Crippen MR) is 101 cm³/mol. The third-order valence-electron chi connectivity index (χ3n) is 3.64. The molecule has 0 spiro atoms. The summed E-state index contributed by atoms with van der Waals surface area (Å²) in [5.41, 5.74) is 6.73. The molecule has 0 aliphatic heterocycles. The number of hydrogen-bond donors (Lipinski definition) is 2. The lowest BCUT2D eigenvalue weighted by atomic mass is 10.0. The van der Waals surface area contributed by atoms with Crippen LogP contribution < -0.4 is 11.1 Å². The normalized spacial score (nSPS) is 10.6. The number of benzene rings is 2. The van der Waals surface area contributed by atoms with Gasteiger partial charge in [0.1, 0.15) is 0 Å². The van der Waals surface area contributed by atoms with Crippen LogP contribution in [0.15, 0.2) is 47.4 Å². The minimum absolute atomic E-state index is 0.00264. The van der Waals surface area contributed by atoms with E-state index in [0.717, 1.165) is 23.4 Å². The summed E-state index contributed by atoms with van der Waals surface area (Å²) in [5, 5.41) is 14.0. The molecule has 0 saturated carbocycles. The van der Waals surface area contributed by atoms with E-state index in [-0.39, 0.29) is 22.9 Å². The predicted octanol–water partition coefficient (Wildman–Crippen LogP) is 3.55. The second kappa shape index (κ2) is 8.48. The Kier molecular flexibility index (Phi) is 6.35. The number of carbonyl (C=O) groups is 2. The number of thioether (sulfide) groups is 1. The molecule has 0 aliphatic rings. The quantitative estimate of drug-likeness (QED) is 0.437. The summed E-state index contributed by atoms with van der Waals surface area (Å²) in [5.74, 6) is -0.674. The number of carbonyl (C=O) groups excluding carboxylic acids is 2. The summed E-state index contributed by atoms with van der Waals surface area (Å²) in [6.07, 6.45) is 0. The Bertz CT molecular complexity index is 852. The summed E-state index contributed by atoms with van der Waals surface area (Å²) >= 11 is 1.03. The Morgan fingerprint density at radius 2 is 1.96 bits per heavy atom. The first kappa shape index (κ1) is 19.5. The maximum Gasteiger partial charge on any atom is 0.283 e. The topological polar surface area (TPSA) is 115 Å². The summed E-state index contributed by atoms with van der Waals surface area (Å²) in [6.45, 7) is 4.12. The Hall–Kier alpha value is -2.87. The van der Waals surface area contributed by atoms with E-state index in [0.29, 0.717) is 16.5 Å². The monoisotopic (exact) mass is 373 g/mol. The summed E-state index contributed by atoms with van der Waals surface area (Å²) < 4.78 is 0. The number of nitro groups is 1. The number of nitrogens with zero attached hydrogens (tertiary/aromatic N) is 1. The maximum absolute atomic E-state index is 12.1. The van der Waals surface area contributed by atoms with Crippen molar-refractivity contribution in [1.29, 1.82) is 0 Å². The zero-order valence-corrected chi connectivity index (χ0v) is 15.2. The SMILES string of the molecule is CC(C)c1cccc(NC(=O)CSc2ccc(C(N)=O)cc2[N+](=O)[O-])c1. The molecule has 0 saturated heterocycles. The standard InChI is InChI=1S/C18H19N3O4S/c1-11(2)12-4-3-5-14(8-12)20-17(22)10-26-16-7-6-13(18(19)23)9-15(16)21(24)25/h3-9,11H,10H2,1-2H3,(H2,19,23)(H,20,22). The molecular formula is C18H19N3O4S. The lowest BCUT2D eigenvalue weighted by Crippen LogP contribution is -2.14. The Balaban J connectivity index is 2.06. The molecule has 26 heavy (non-hydrogen) atoms. The highest BCUT2D eigenvalue weighted by Crippen LogP contribution is 2.30. The molecule has 0 unspecified atom stereocenters. The zero-order valence-electron chi connectivity index (χ0n) is 14.4. The molecule has 0 aliphatic carbocycles. The van der Waals surface area contributed by atoms with Gasteiger partial charge in [0.2, 0.25) is 11.8 Å². The Morgan fingerprint density at radius 3 is 2.58 bits per heavy atom. The molecule has 2 aromatic rings. The van der Waals surface area contributed by atoms with Gasteiger partial charge < -0.3 is 11.1 Å². The van der Waals surface area contributed by atoms with Gasteiger partial charge in [0.15, 0.2) is 0 Å². The Morgan fingerprint density at radius 1 is 1.23 bits per heavy atom. The minimum Gasteiger partial charge on any atom is -0.366 e. The van der Waals surface area contributed by atoms with Crippen LogP contribution in [0.5, 0.6) is 0 Å². The number of anilines is 1. The minimum atomic E-state index is -0.743. The van der Waals surface area contributed by atoms with Gasteiger partial charge in [-0.05, 0) is 35.7 Å². The van der Waals surface area contributed by atoms with Crippen LogP contribution in [0.3, 0.4) is 0 Å². The number of amides is 2. The first-order valence-corrected chi connectivity index (χ1v) is 8.87. The van der Waals surface area contributed by atoms with Gasteiger partial charge in [0.05, 0.1) is 15.6 Å². The number of nitrogens with two attached hydrogens (primary N) is 1. The summed E-state index contributed by atoms with van der Waals surface area (Å²) in [7, 11) is 0. The second-order valence-electron chi connectivity index (χ2n) is 5.92. The molecule has 8 heteroatoms. The average Bonchev–Trinajstić information content (AvgIpc) is 2.59. The van der Waals surface area contributed by atoms with E-state index in [1.54, 1.807) is 6.07 Å². The fourth-order valence-electron chi connectivity index (χ4n) is 2.25. The van der Waals surface area contributed by atoms with E-state index >= 15 is 0 Å². The van der Waals surface area contributed by atoms with Crippen molar-refractivity contribution < 1.29 is 14.5 Å². The van der Waals surface area contributed by atoms with Crippen molar-refractivity contribution in [2.24, 2.45) is 5.73 Å². The van der Waals surface area contributed by atoms with Crippen LogP contribution in [-0.4, -0.2) is 22.5 Å². The van der Waals surface area contributed by atoms with Gasteiger partial charge in [-0.15, -0.1) is 11.8 Å². The van der Waals surface area contributed by atoms with Gasteiger partial charge in [-0.1, -0.05) is 26.0 Å². The van der Waals surface area contributed by atoms with Gasteiger partial charge in [-0.2, -0.15) is 0 Å². The molecule has 0 atom stereocenters. The van der Waals surface area contributed by atoms with Crippen LogP contribution in [0, 0.1) is 10.1 Å². The Labute approximate surface area is 155 Å². The van der Waals surface area contributed by atoms with Crippen LogP contribution in [-0.2, 0) is 4.79 Å². The lowest BCUT2D eigenvalue weighted by Gasteiger charge is -2.09. The fraction of sp³-hybridized carbons (Fsp3) is 0.222. The number of nitro benzene ring substituents is 1. The molecule has 0 bridgehead atoms. The lowest BCUT2D eigenvalue weighted by molar-refractivity contribution is -0.387. The van der Waals surface area contributed by atoms with E-state index in [9.17, 15) is 19.7 Å². The van der Waals surface area contributed by atoms with Crippen molar-refractivity contribution in [2.75, 3.05) is 11.1 Å². The smallest absolute Gasteiger partial charge is 0.283 e. The largest absolute Gasteiger partial charge is 0.366 e. The molecule has 3 N–H and O–H groups in total. The molecule has 0 aromatic heterocycles. The zero-order chi connectivity index (χ0) is 19.3. The molecule has 7 nitrogen and oxygen atoms in total. The van der Waals surface area contributed by atoms with Crippen LogP contribution in [0.2, 0.25) is 0 Å². The summed E-state index contributed by atoms with van der Waals surface area (Å²) in [4.78, 5) is 34.2. The average molecular weight is 373 g/mol. The molecular weight excluding hydrogens is 354 g/mol.